The van der Waals surface area contributed by atoms with Gasteiger partial charge in [-0.1, -0.05) is 74.5 Å². The highest BCUT2D eigenvalue weighted by Gasteiger charge is 2.23. The van der Waals surface area contributed by atoms with E-state index in [9.17, 15) is 10.2 Å². The molecule has 0 amide bonds. The standard InChI is InChI=1S/C35H40O6/c1-25-9-5-7-11-33(25)40-23-29(36)21-38-31-17-13-27(14-18-31)35(3,4)28-15-19-32(20-16-28)39-22-30(37)24-41-34-12-8-6-10-26(34)2/h5-20,29-30,36-37H,21-24H2,1-4H3. The number of aliphatic hydroxyl groups excluding tert-OH is 2. The van der Waals surface area contributed by atoms with Crippen molar-refractivity contribution in [2.75, 3.05) is 26.4 Å². The number of aryl methyl sites for hydroxylation is 2. The quantitative estimate of drug-likeness (QED) is 0.191. The van der Waals surface area contributed by atoms with E-state index >= 15 is 0 Å². The molecule has 0 aliphatic rings. The van der Waals surface area contributed by atoms with Gasteiger partial charge >= 0.3 is 0 Å². The van der Waals surface area contributed by atoms with Gasteiger partial charge in [0.1, 0.15) is 61.6 Å². The van der Waals surface area contributed by atoms with Crippen molar-refractivity contribution in [3.63, 3.8) is 0 Å². The smallest absolute Gasteiger partial charge is 0.122 e. The van der Waals surface area contributed by atoms with Gasteiger partial charge in [0.25, 0.3) is 0 Å². The molecular weight excluding hydrogens is 516 g/mol. The zero-order valence-corrected chi connectivity index (χ0v) is 24.2. The van der Waals surface area contributed by atoms with Gasteiger partial charge in [0, 0.05) is 5.41 Å². The number of aliphatic hydroxyl groups is 2. The Bertz CT molecular complexity index is 1260. The molecule has 0 fully saturated rings. The zero-order chi connectivity index (χ0) is 29.2. The molecule has 0 aromatic heterocycles. The number of rotatable bonds is 14. The normalized spacial score (nSPS) is 12.8. The minimum absolute atomic E-state index is 0.142. The number of benzene rings is 4. The first-order valence-corrected chi connectivity index (χ1v) is 13.9. The highest BCUT2D eigenvalue weighted by molar-refractivity contribution is 5.42. The molecule has 4 aromatic rings. The second kappa shape index (κ2) is 14.1. The highest BCUT2D eigenvalue weighted by Crippen LogP contribution is 2.33. The number of ether oxygens (including phenoxy) is 4. The van der Waals surface area contributed by atoms with E-state index in [0.29, 0.717) is 11.5 Å². The van der Waals surface area contributed by atoms with Crippen LogP contribution in [0.3, 0.4) is 0 Å². The predicted octanol–water partition coefficient (Wildman–Crippen LogP) is 6.27. The summed E-state index contributed by atoms with van der Waals surface area (Å²) in [5.41, 5.74) is 4.06. The van der Waals surface area contributed by atoms with E-state index in [0.717, 1.165) is 33.8 Å². The van der Waals surface area contributed by atoms with E-state index in [1.807, 2.05) is 111 Å². The zero-order valence-electron chi connectivity index (χ0n) is 24.2. The molecule has 0 radical (unpaired) electrons. The molecule has 2 unspecified atom stereocenters. The molecule has 2 N–H and O–H groups in total. The van der Waals surface area contributed by atoms with Crippen molar-refractivity contribution < 1.29 is 29.2 Å². The summed E-state index contributed by atoms with van der Waals surface area (Å²) in [6.45, 7) is 8.88. The molecule has 4 rings (SSSR count). The average Bonchev–Trinajstić information content (AvgIpc) is 2.98. The van der Waals surface area contributed by atoms with Crippen molar-refractivity contribution >= 4 is 0 Å². The third-order valence-electron chi connectivity index (χ3n) is 7.09. The van der Waals surface area contributed by atoms with Crippen LogP contribution in [0.2, 0.25) is 0 Å². The van der Waals surface area contributed by atoms with E-state index in [4.69, 9.17) is 18.9 Å². The maximum Gasteiger partial charge on any atom is 0.122 e. The van der Waals surface area contributed by atoms with Crippen LogP contribution in [-0.2, 0) is 5.41 Å². The first-order valence-electron chi connectivity index (χ1n) is 13.9. The third-order valence-corrected chi connectivity index (χ3v) is 7.09. The Morgan fingerprint density at radius 1 is 0.512 bits per heavy atom. The highest BCUT2D eigenvalue weighted by atomic mass is 16.5. The lowest BCUT2D eigenvalue weighted by Gasteiger charge is -2.26. The van der Waals surface area contributed by atoms with Crippen LogP contribution in [0.1, 0.15) is 36.1 Å². The van der Waals surface area contributed by atoms with Crippen LogP contribution in [0.4, 0.5) is 0 Å². The van der Waals surface area contributed by atoms with Gasteiger partial charge in [-0.2, -0.15) is 0 Å². The summed E-state index contributed by atoms with van der Waals surface area (Å²) in [5, 5.41) is 20.6. The molecule has 4 aromatic carbocycles. The molecule has 0 bridgehead atoms. The lowest BCUT2D eigenvalue weighted by atomic mass is 9.78. The first-order chi connectivity index (χ1) is 19.7. The predicted molar refractivity (Wildman–Crippen MR) is 161 cm³/mol. The molecule has 216 valence electrons. The van der Waals surface area contributed by atoms with E-state index in [1.54, 1.807) is 0 Å². The molecule has 0 saturated heterocycles. The Balaban J connectivity index is 1.24. The molecule has 0 heterocycles. The lowest BCUT2D eigenvalue weighted by molar-refractivity contribution is 0.0624. The maximum absolute atomic E-state index is 10.3. The second-order valence-corrected chi connectivity index (χ2v) is 10.8. The number of para-hydroxylation sites is 2. The van der Waals surface area contributed by atoms with Crippen LogP contribution < -0.4 is 18.9 Å². The monoisotopic (exact) mass is 556 g/mol. The Kier molecular flexibility index (Phi) is 10.3. The summed E-state index contributed by atoms with van der Waals surface area (Å²) in [5.74, 6) is 2.90. The van der Waals surface area contributed by atoms with E-state index in [-0.39, 0.29) is 31.8 Å². The van der Waals surface area contributed by atoms with Crippen molar-refractivity contribution in [1.82, 2.24) is 0 Å². The molecule has 6 heteroatoms. The van der Waals surface area contributed by atoms with Crippen molar-refractivity contribution in [3.05, 3.63) is 119 Å². The summed E-state index contributed by atoms with van der Waals surface area (Å²) < 4.78 is 23.0. The van der Waals surface area contributed by atoms with E-state index < -0.39 is 12.2 Å². The number of hydrogen-bond donors (Lipinski definition) is 2. The van der Waals surface area contributed by atoms with Crippen molar-refractivity contribution in [1.29, 1.82) is 0 Å². The Morgan fingerprint density at radius 3 is 1.22 bits per heavy atom. The second-order valence-electron chi connectivity index (χ2n) is 10.8. The minimum atomic E-state index is -0.742. The Labute approximate surface area is 243 Å². The van der Waals surface area contributed by atoms with Gasteiger partial charge in [-0.15, -0.1) is 0 Å². The fourth-order valence-electron chi connectivity index (χ4n) is 4.39. The van der Waals surface area contributed by atoms with Gasteiger partial charge in [0.05, 0.1) is 0 Å². The lowest BCUT2D eigenvalue weighted by Crippen LogP contribution is -2.25. The molecule has 41 heavy (non-hydrogen) atoms. The SMILES string of the molecule is Cc1ccccc1OCC(O)COc1ccc(C(C)(C)c2ccc(OCC(O)COc3ccccc3C)cc2)cc1. The van der Waals surface area contributed by atoms with Crippen LogP contribution in [0.15, 0.2) is 97.1 Å². The summed E-state index contributed by atoms with van der Waals surface area (Å²) in [7, 11) is 0. The average molecular weight is 557 g/mol. The molecule has 0 spiro atoms. The Morgan fingerprint density at radius 2 is 0.854 bits per heavy atom. The summed E-state index contributed by atoms with van der Waals surface area (Å²) in [6.07, 6.45) is -1.48. The summed E-state index contributed by atoms with van der Waals surface area (Å²) >= 11 is 0. The van der Waals surface area contributed by atoms with Gasteiger partial charge in [-0.25, -0.2) is 0 Å². The molecule has 6 nitrogen and oxygen atoms in total. The van der Waals surface area contributed by atoms with Gasteiger partial charge in [0.2, 0.25) is 0 Å². The van der Waals surface area contributed by atoms with Crippen molar-refractivity contribution in [3.8, 4) is 23.0 Å². The maximum atomic E-state index is 10.3. The molecular formula is C35H40O6. The van der Waals surface area contributed by atoms with Crippen LogP contribution in [0.5, 0.6) is 23.0 Å². The van der Waals surface area contributed by atoms with Gasteiger partial charge in [-0.3, -0.25) is 0 Å². The van der Waals surface area contributed by atoms with Crippen LogP contribution >= 0.6 is 0 Å². The summed E-state index contributed by atoms with van der Waals surface area (Å²) in [4.78, 5) is 0. The first kappa shape index (κ1) is 30.0. The molecule has 2 atom stereocenters. The van der Waals surface area contributed by atoms with Crippen molar-refractivity contribution in [2.45, 2.75) is 45.3 Å². The van der Waals surface area contributed by atoms with Gasteiger partial charge < -0.3 is 29.2 Å². The molecule has 0 aliphatic carbocycles. The Hall–Kier alpha value is -4.00. The van der Waals surface area contributed by atoms with E-state index in [1.165, 1.54) is 0 Å². The van der Waals surface area contributed by atoms with Crippen LogP contribution in [-0.4, -0.2) is 48.8 Å². The summed E-state index contributed by atoms with van der Waals surface area (Å²) in [6, 6.07) is 31.3. The van der Waals surface area contributed by atoms with Crippen LogP contribution in [0, 0.1) is 13.8 Å². The molecule has 0 saturated carbocycles. The van der Waals surface area contributed by atoms with E-state index in [2.05, 4.69) is 13.8 Å². The fourth-order valence-corrected chi connectivity index (χ4v) is 4.39. The molecule has 0 aliphatic heterocycles. The largest absolute Gasteiger partial charge is 0.491 e. The van der Waals surface area contributed by atoms with Gasteiger partial charge in [0.15, 0.2) is 0 Å². The topological polar surface area (TPSA) is 77.4 Å². The van der Waals surface area contributed by atoms with Gasteiger partial charge in [-0.05, 0) is 72.5 Å². The minimum Gasteiger partial charge on any atom is -0.491 e. The van der Waals surface area contributed by atoms with Crippen molar-refractivity contribution in [2.24, 2.45) is 0 Å². The van der Waals surface area contributed by atoms with Crippen LogP contribution in [0.25, 0.3) is 0 Å². The fraction of sp³-hybridized carbons (Fsp3) is 0.314. The third kappa shape index (κ3) is 8.49. The number of hydrogen-bond acceptors (Lipinski definition) is 6.